The van der Waals surface area contributed by atoms with Crippen molar-refractivity contribution in [3.05, 3.63) is 55.9 Å². The van der Waals surface area contributed by atoms with Crippen molar-refractivity contribution in [3.8, 4) is 0 Å². The molecule has 90 valence electrons. The molecule has 1 atom stereocenters. The van der Waals surface area contributed by atoms with Crippen LogP contribution in [0.5, 0.6) is 0 Å². The second-order valence-corrected chi connectivity index (χ2v) is 5.73. The molecule has 1 aromatic carbocycles. The zero-order valence-corrected chi connectivity index (χ0v) is 11.6. The normalized spacial score (nSPS) is 12.7. The van der Waals surface area contributed by atoms with Gasteiger partial charge in [-0.1, -0.05) is 15.9 Å². The summed E-state index contributed by atoms with van der Waals surface area (Å²) in [6.45, 7) is 2.00. The highest BCUT2D eigenvalue weighted by molar-refractivity contribution is 9.10. The lowest BCUT2D eigenvalue weighted by molar-refractivity contribution is 0.559. The standard InChI is InChI=1S/C12H12BrFN2S/c1-7-9(4-5-17-7)12(16-15)10-6-8(13)2-3-11(10)14/h2-6,12,16H,15H2,1H3. The Bertz CT molecular complexity index is 527. The third-order valence-corrected chi connectivity index (χ3v) is 4.00. The van der Waals surface area contributed by atoms with Gasteiger partial charge in [0.15, 0.2) is 0 Å². The largest absolute Gasteiger partial charge is 0.271 e. The number of halogens is 2. The first-order valence-electron chi connectivity index (χ1n) is 5.08. The Labute approximate surface area is 112 Å². The summed E-state index contributed by atoms with van der Waals surface area (Å²) in [5.41, 5.74) is 4.23. The van der Waals surface area contributed by atoms with Gasteiger partial charge in [-0.3, -0.25) is 5.84 Å². The molecule has 0 saturated carbocycles. The van der Waals surface area contributed by atoms with Gasteiger partial charge in [-0.25, -0.2) is 9.82 Å². The number of hydrazine groups is 1. The highest BCUT2D eigenvalue weighted by Crippen LogP contribution is 2.30. The lowest BCUT2D eigenvalue weighted by Crippen LogP contribution is -2.29. The van der Waals surface area contributed by atoms with E-state index in [4.69, 9.17) is 5.84 Å². The maximum absolute atomic E-state index is 13.8. The summed E-state index contributed by atoms with van der Waals surface area (Å²) in [6.07, 6.45) is 0. The van der Waals surface area contributed by atoms with Gasteiger partial charge in [0, 0.05) is 14.9 Å². The summed E-state index contributed by atoms with van der Waals surface area (Å²) in [7, 11) is 0. The third kappa shape index (κ3) is 2.57. The topological polar surface area (TPSA) is 38.0 Å². The average Bonchev–Trinajstić information content (AvgIpc) is 2.71. The molecule has 5 heteroatoms. The smallest absolute Gasteiger partial charge is 0.128 e. The maximum atomic E-state index is 13.8. The van der Waals surface area contributed by atoms with Crippen LogP contribution < -0.4 is 11.3 Å². The number of thiophene rings is 1. The van der Waals surface area contributed by atoms with E-state index in [9.17, 15) is 4.39 Å². The van der Waals surface area contributed by atoms with Gasteiger partial charge in [0.25, 0.3) is 0 Å². The monoisotopic (exact) mass is 314 g/mol. The minimum atomic E-state index is -0.321. The van der Waals surface area contributed by atoms with Crippen molar-refractivity contribution in [2.24, 2.45) is 5.84 Å². The lowest BCUT2D eigenvalue weighted by Gasteiger charge is -2.17. The Morgan fingerprint density at radius 1 is 1.35 bits per heavy atom. The molecule has 2 aromatic rings. The second kappa shape index (κ2) is 5.27. The highest BCUT2D eigenvalue weighted by Gasteiger charge is 2.19. The third-order valence-electron chi connectivity index (χ3n) is 2.65. The molecule has 0 aliphatic heterocycles. The molecule has 0 bridgehead atoms. The maximum Gasteiger partial charge on any atom is 0.128 e. The van der Waals surface area contributed by atoms with Crippen molar-refractivity contribution in [1.29, 1.82) is 0 Å². The number of benzene rings is 1. The summed E-state index contributed by atoms with van der Waals surface area (Å²) < 4.78 is 14.7. The summed E-state index contributed by atoms with van der Waals surface area (Å²) in [6, 6.07) is 6.50. The van der Waals surface area contributed by atoms with Gasteiger partial charge in [0.2, 0.25) is 0 Å². The molecule has 17 heavy (non-hydrogen) atoms. The molecule has 1 aromatic heterocycles. The van der Waals surface area contributed by atoms with E-state index in [0.717, 1.165) is 14.9 Å². The van der Waals surface area contributed by atoms with E-state index < -0.39 is 0 Å². The number of hydrogen-bond donors (Lipinski definition) is 2. The molecular formula is C12H12BrFN2S. The van der Waals surface area contributed by atoms with Crippen molar-refractivity contribution in [2.45, 2.75) is 13.0 Å². The molecule has 0 spiro atoms. The summed E-state index contributed by atoms with van der Waals surface area (Å²) in [4.78, 5) is 1.13. The number of nitrogens with one attached hydrogen (secondary N) is 1. The molecule has 0 amide bonds. The van der Waals surface area contributed by atoms with Crippen LogP contribution in [0.25, 0.3) is 0 Å². The van der Waals surface area contributed by atoms with Crippen molar-refractivity contribution >= 4 is 27.3 Å². The van der Waals surface area contributed by atoms with Crippen LogP contribution in [-0.4, -0.2) is 0 Å². The van der Waals surface area contributed by atoms with Crippen LogP contribution in [0.15, 0.2) is 34.1 Å². The zero-order chi connectivity index (χ0) is 12.4. The van der Waals surface area contributed by atoms with Crippen molar-refractivity contribution < 1.29 is 4.39 Å². The minimum Gasteiger partial charge on any atom is -0.271 e. The first-order valence-corrected chi connectivity index (χ1v) is 6.76. The minimum absolute atomic E-state index is 0.262. The lowest BCUT2D eigenvalue weighted by atomic mass is 10.00. The van der Waals surface area contributed by atoms with E-state index in [2.05, 4.69) is 21.4 Å². The SMILES string of the molecule is Cc1sccc1C(NN)c1cc(Br)ccc1F. The molecular weight excluding hydrogens is 303 g/mol. The first kappa shape index (κ1) is 12.7. The Morgan fingerprint density at radius 3 is 2.71 bits per heavy atom. The van der Waals surface area contributed by atoms with Crippen LogP contribution in [0.1, 0.15) is 22.0 Å². The Morgan fingerprint density at radius 2 is 2.12 bits per heavy atom. The van der Waals surface area contributed by atoms with Crippen molar-refractivity contribution in [2.75, 3.05) is 0 Å². The Hall–Kier alpha value is -0.750. The van der Waals surface area contributed by atoms with E-state index in [1.165, 1.54) is 6.07 Å². The van der Waals surface area contributed by atoms with Crippen LogP contribution >= 0.6 is 27.3 Å². The number of rotatable bonds is 3. The number of hydrogen-bond acceptors (Lipinski definition) is 3. The van der Waals surface area contributed by atoms with Crippen LogP contribution in [0.4, 0.5) is 4.39 Å². The predicted octanol–water partition coefficient (Wildman–Crippen LogP) is 3.51. The highest BCUT2D eigenvalue weighted by atomic mass is 79.9. The fourth-order valence-corrected chi connectivity index (χ4v) is 2.90. The van der Waals surface area contributed by atoms with Crippen molar-refractivity contribution in [1.82, 2.24) is 5.43 Å². The molecule has 1 unspecified atom stereocenters. The molecule has 0 radical (unpaired) electrons. The Balaban J connectivity index is 2.49. The van der Waals surface area contributed by atoms with Gasteiger partial charge < -0.3 is 0 Å². The molecule has 0 fully saturated rings. The summed E-state index contributed by atoms with van der Waals surface area (Å²) >= 11 is 4.97. The van der Waals surface area contributed by atoms with Crippen LogP contribution in [0, 0.1) is 12.7 Å². The van der Waals surface area contributed by atoms with Crippen LogP contribution in [0.3, 0.4) is 0 Å². The van der Waals surface area contributed by atoms with Crippen LogP contribution in [0.2, 0.25) is 0 Å². The first-order chi connectivity index (χ1) is 8.13. The average molecular weight is 315 g/mol. The molecule has 2 nitrogen and oxygen atoms in total. The number of nitrogens with two attached hydrogens (primary N) is 1. The second-order valence-electron chi connectivity index (χ2n) is 3.70. The predicted molar refractivity (Wildman–Crippen MR) is 72.3 cm³/mol. The molecule has 3 N–H and O–H groups in total. The quantitative estimate of drug-likeness (QED) is 0.672. The molecule has 0 aliphatic rings. The van der Waals surface area contributed by atoms with E-state index in [-0.39, 0.29) is 11.9 Å². The molecule has 1 heterocycles. The Kier molecular flexibility index (Phi) is 3.93. The molecule has 0 aliphatic carbocycles. The van der Waals surface area contributed by atoms with Gasteiger partial charge >= 0.3 is 0 Å². The van der Waals surface area contributed by atoms with Crippen LogP contribution in [-0.2, 0) is 0 Å². The van der Waals surface area contributed by atoms with Crippen molar-refractivity contribution in [3.63, 3.8) is 0 Å². The van der Waals surface area contributed by atoms with Gasteiger partial charge in [-0.05, 0) is 42.1 Å². The fourth-order valence-electron chi connectivity index (χ4n) is 1.78. The molecule has 2 rings (SSSR count). The zero-order valence-electron chi connectivity index (χ0n) is 9.21. The van der Waals surface area contributed by atoms with E-state index >= 15 is 0 Å². The van der Waals surface area contributed by atoms with E-state index in [0.29, 0.717) is 5.56 Å². The van der Waals surface area contributed by atoms with Gasteiger partial charge in [-0.15, -0.1) is 11.3 Å². The van der Waals surface area contributed by atoms with E-state index in [1.807, 2.05) is 18.4 Å². The van der Waals surface area contributed by atoms with Gasteiger partial charge in [0.05, 0.1) is 6.04 Å². The van der Waals surface area contributed by atoms with E-state index in [1.54, 1.807) is 23.5 Å². The summed E-state index contributed by atoms with van der Waals surface area (Å²) in [5.74, 6) is 5.29. The summed E-state index contributed by atoms with van der Waals surface area (Å²) in [5, 5.41) is 1.98. The van der Waals surface area contributed by atoms with Gasteiger partial charge in [-0.2, -0.15) is 0 Å². The van der Waals surface area contributed by atoms with Gasteiger partial charge in [0.1, 0.15) is 5.82 Å². The number of aryl methyl sites for hydroxylation is 1. The molecule has 0 saturated heterocycles. The fraction of sp³-hybridized carbons (Fsp3) is 0.167.